The van der Waals surface area contributed by atoms with Crippen LogP contribution >= 0.6 is 0 Å². The molecule has 0 aliphatic rings. The lowest BCUT2D eigenvalue weighted by atomic mass is 10.3. The number of para-hydroxylation sites is 2. The molecule has 1 heterocycles. The van der Waals surface area contributed by atoms with E-state index < -0.39 is 4.92 Å². The van der Waals surface area contributed by atoms with Crippen LogP contribution in [-0.4, -0.2) is 18.1 Å². The highest BCUT2D eigenvalue weighted by Crippen LogP contribution is 2.25. The number of hydrogen-bond donors (Lipinski definition) is 1. The fourth-order valence-electron chi connectivity index (χ4n) is 1.81. The average molecular weight is 277 g/mol. The zero-order valence-corrected chi connectivity index (χ0v) is 11.0. The molecule has 6 heteroatoms. The van der Waals surface area contributed by atoms with Crippen molar-refractivity contribution in [3.8, 4) is 5.75 Å². The minimum atomic E-state index is -0.432. The lowest BCUT2D eigenvalue weighted by Crippen LogP contribution is -2.82. The normalized spacial score (nSPS) is 10.4. The van der Waals surface area contributed by atoms with Crippen LogP contribution in [0.25, 0.3) is 0 Å². The predicted molar refractivity (Wildman–Crippen MR) is 72.4 cm³/mol. The number of hydrogen-bond acceptors (Lipinski definition) is 4. The van der Waals surface area contributed by atoms with E-state index in [4.69, 9.17) is 9.15 Å². The van der Waals surface area contributed by atoms with Crippen molar-refractivity contribution in [3.05, 3.63) is 58.5 Å². The maximum atomic E-state index is 10.8. The van der Waals surface area contributed by atoms with Gasteiger partial charge in [0, 0.05) is 12.5 Å². The summed E-state index contributed by atoms with van der Waals surface area (Å²) in [5.74, 6) is 1.26. The Morgan fingerprint density at radius 3 is 2.85 bits per heavy atom. The fourth-order valence-corrected chi connectivity index (χ4v) is 1.81. The van der Waals surface area contributed by atoms with E-state index in [1.165, 1.54) is 6.07 Å². The number of quaternary nitrogens is 1. The summed E-state index contributed by atoms with van der Waals surface area (Å²) in [6.45, 7) is 2.12. The van der Waals surface area contributed by atoms with Crippen LogP contribution in [0.5, 0.6) is 5.75 Å². The number of ether oxygens (including phenoxy) is 1. The van der Waals surface area contributed by atoms with Gasteiger partial charge >= 0.3 is 5.69 Å². The molecule has 0 saturated heterocycles. The van der Waals surface area contributed by atoms with Gasteiger partial charge in [-0.25, -0.2) is 0 Å². The Kier molecular flexibility index (Phi) is 5.14. The van der Waals surface area contributed by atoms with Crippen LogP contribution in [0.4, 0.5) is 5.69 Å². The molecule has 0 atom stereocenters. The molecule has 6 nitrogen and oxygen atoms in total. The van der Waals surface area contributed by atoms with E-state index in [9.17, 15) is 10.1 Å². The van der Waals surface area contributed by atoms with Gasteiger partial charge in [-0.15, -0.1) is 0 Å². The van der Waals surface area contributed by atoms with Crippen molar-refractivity contribution in [1.29, 1.82) is 0 Å². The summed E-state index contributed by atoms with van der Waals surface area (Å²) in [6.07, 6.45) is 2.47. The molecule has 1 aromatic carbocycles. The van der Waals surface area contributed by atoms with Crippen molar-refractivity contribution >= 4 is 5.69 Å². The van der Waals surface area contributed by atoms with E-state index in [1.807, 2.05) is 12.1 Å². The molecule has 106 valence electrons. The molecule has 0 spiro atoms. The van der Waals surface area contributed by atoms with Gasteiger partial charge in [0.05, 0.1) is 24.3 Å². The minimum absolute atomic E-state index is 0.00654. The molecule has 0 aliphatic carbocycles. The standard InChI is InChI=1S/C14H16N2O4/c17-16(18)13-6-1-2-7-14(13)20-10-4-8-15-11-12-5-3-9-19-12/h1-3,5-7,9,15H,4,8,10-11H2/p+1. The van der Waals surface area contributed by atoms with Crippen LogP contribution in [0.15, 0.2) is 47.1 Å². The van der Waals surface area contributed by atoms with Gasteiger partial charge in [-0.1, -0.05) is 12.1 Å². The van der Waals surface area contributed by atoms with Gasteiger partial charge in [-0.05, 0) is 18.2 Å². The molecule has 2 N–H and O–H groups in total. The Morgan fingerprint density at radius 1 is 1.25 bits per heavy atom. The Balaban J connectivity index is 1.67. The second-order valence-corrected chi connectivity index (χ2v) is 4.29. The van der Waals surface area contributed by atoms with Crippen molar-refractivity contribution in [3.63, 3.8) is 0 Å². The maximum Gasteiger partial charge on any atom is 0.310 e. The Labute approximate surface area is 116 Å². The summed E-state index contributed by atoms with van der Waals surface area (Å²) in [7, 11) is 0. The van der Waals surface area contributed by atoms with E-state index >= 15 is 0 Å². The summed E-state index contributed by atoms with van der Waals surface area (Å²) in [5.41, 5.74) is 0.00654. The highest BCUT2D eigenvalue weighted by atomic mass is 16.6. The molecular formula is C14H17N2O4+. The molecule has 0 bridgehead atoms. The van der Waals surface area contributed by atoms with E-state index in [-0.39, 0.29) is 5.69 Å². The fraction of sp³-hybridized carbons (Fsp3) is 0.286. The molecule has 2 aromatic rings. The third-order valence-corrected chi connectivity index (χ3v) is 2.80. The summed E-state index contributed by atoms with van der Waals surface area (Å²) < 4.78 is 10.7. The summed E-state index contributed by atoms with van der Waals surface area (Å²) in [4.78, 5) is 10.4. The van der Waals surface area contributed by atoms with Crippen molar-refractivity contribution in [2.45, 2.75) is 13.0 Å². The zero-order valence-electron chi connectivity index (χ0n) is 11.0. The number of nitro groups is 1. The van der Waals surface area contributed by atoms with E-state index in [1.54, 1.807) is 24.5 Å². The number of nitro benzene ring substituents is 1. The molecule has 0 unspecified atom stereocenters. The number of furan rings is 1. The predicted octanol–water partition coefficient (Wildman–Crippen LogP) is 1.72. The van der Waals surface area contributed by atoms with Crippen LogP contribution in [0.2, 0.25) is 0 Å². The SMILES string of the molecule is O=[N+]([O-])c1ccccc1OCCC[NH2+]Cc1ccco1. The van der Waals surface area contributed by atoms with Gasteiger partial charge < -0.3 is 14.5 Å². The van der Waals surface area contributed by atoms with E-state index in [0.29, 0.717) is 12.4 Å². The second-order valence-electron chi connectivity index (χ2n) is 4.29. The molecule has 1 aromatic heterocycles. The Morgan fingerprint density at radius 2 is 2.10 bits per heavy atom. The van der Waals surface area contributed by atoms with Gasteiger partial charge in [0.2, 0.25) is 0 Å². The van der Waals surface area contributed by atoms with Crippen molar-refractivity contribution < 1.29 is 19.4 Å². The lowest BCUT2D eigenvalue weighted by Gasteiger charge is -2.05. The summed E-state index contributed by atoms with van der Waals surface area (Å²) in [5, 5.41) is 12.9. The molecular weight excluding hydrogens is 260 g/mol. The highest BCUT2D eigenvalue weighted by Gasteiger charge is 2.13. The number of nitrogens with zero attached hydrogens (tertiary/aromatic N) is 1. The van der Waals surface area contributed by atoms with Crippen LogP contribution in [-0.2, 0) is 6.54 Å². The van der Waals surface area contributed by atoms with Gasteiger partial charge in [0.1, 0.15) is 6.54 Å². The molecule has 0 fully saturated rings. The third kappa shape index (κ3) is 4.10. The molecule has 0 saturated carbocycles. The first-order valence-corrected chi connectivity index (χ1v) is 6.47. The zero-order chi connectivity index (χ0) is 14.2. The first-order chi connectivity index (χ1) is 9.77. The average Bonchev–Trinajstić information content (AvgIpc) is 2.96. The summed E-state index contributed by atoms with van der Waals surface area (Å²) in [6, 6.07) is 10.2. The Bertz CT molecular complexity index is 540. The van der Waals surface area contributed by atoms with Gasteiger partial charge in [-0.3, -0.25) is 10.1 Å². The second kappa shape index (κ2) is 7.30. The van der Waals surface area contributed by atoms with E-state index in [2.05, 4.69) is 5.32 Å². The number of rotatable bonds is 8. The molecule has 0 aliphatic heterocycles. The highest BCUT2D eigenvalue weighted by molar-refractivity contribution is 5.45. The number of nitrogens with two attached hydrogens (primary N) is 1. The Hall–Kier alpha value is -2.34. The van der Waals surface area contributed by atoms with Crippen LogP contribution in [0, 0.1) is 10.1 Å². The van der Waals surface area contributed by atoms with Crippen LogP contribution in [0.3, 0.4) is 0 Å². The first kappa shape index (κ1) is 14.1. The van der Waals surface area contributed by atoms with Crippen molar-refractivity contribution in [2.75, 3.05) is 13.2 Å². The van der Waals surface area contributed by atoms with Crippen LogP contribution < -0.4 is 10.1 Å². The van der Waals surface area contributed by atoms with Crippen LogP contribution in [0.1, 0.15) is 12.2 Å². The molecule has 0 amide bonds. The monoisotopic (exact) mass is 277 g/mol. The van der Waals surface area contributed by atoms with E-state index in [0.717, 1.165) is 25.3 Å². The van der Waals surface area contributed by atoms with Gasteiger partial charge in [0.25, 0.3) is 0 Å². The smallest absolute Gasteiger partial charge is 0.310 e. The number of benzene rings is 1. The summed E-state index contributed by atoms with van der Waals surface area (Å²) >= 11 is 0. The molecule has 20 heavy (non-hydrogen) atoms. The van der Waals surface area contributed by atoms with Gasteiger partial charge in [-0.2, -0.15) is 0 Å². The molecule has 0 radical (unpaired) electrons. The minimum Gasteiger partial charge on any atom is -0.487 e. The topological polar surface area (TPSA) is 82.1 Å². The lowest BCUT2D eigenvalue weighted by molar-refractivity contribution is -0.672. The first-order valence-electron chi connectivity index (χ1n) is 6.47. The largest absolute Gasteiger partial charge is 0.487 e. The van der Waals surface area contributed by atoms with Gasteiger partial charge in [0.15, 0.2) is 11.5 Å². The van der Waals surface area contributed by atoms with Crippen molar-refractivity contribution in [2.24, 2.45) is 0 Å². The third-order valence-electron chi connectivity index (χ3n) is 2.80. The maximum absolute atomic E-state index is 10.8. The quantitative estimate of drug-likeness (QED) is 0.452. The molecule has 2 rings (SSSR count). The van der Waals surface area contributed by atoms with Crippen molar-refractivity contribution in [1.82, 2.24) is 0 Å².